The normalized spacial score (nSPS) is 25.8. The van der Waals surface area contributed by atoms with Gasteiger partial charge in [0.25, 0.3) is 0 Å². The Bertz CT molecular complexity index is 979. The highest BCUT2D eigenvalue weighted by Gasteiger charge is 2.45. The fourth-order valence-corrected chi connectivity index (χ4v) is 5.67. The summed E-state index contributed by atoms with van der Waals surface area (Å²) in [6.07, 6.45) is 3.17. The van der Waals surface area contributed by atoms with Crippen molar-refractivity contribution in [2.24, 2.45) is 0 Å². The van der Waals surface area contributed by atoms with Crippen LogP contribution < -0.4 is 10.2 Å². The summed E-state index contributed by atoms with van der Waals surface area (Å²) in [5, 5.41) is 3.17. The Morgan fingerprint density at radius 3 is 2.69 bits per heavy atom. The molecule has 3 unspecified atom stereocenters. The van der Waals surface area contributed by atoms with Crippen molar-refractivity contribution < 1.29 is 9.59 Å². The van der Waals surface area contributed by atoms with Crippen LogP contribution in [0.1, 0.15) is 30.4 Å². The van der Waals surface area contributed by atoms with Gasteiger partial charge in [0.1, 0.15) is 6.04 Å². The van der Waals surface area contributed by atoms with E-state index in [4.69, 9.17) is 0 Å². The Morgan fingerprint density at radius 1 is 1.06 bits per heavy atom. The SMILES string of the molecule is CN1C(CCC(=O)N2CCc3ccccc32)CNC(=O)C2C1CCN2Cc1ccccc1. The second-order valence-corrected chi connectivity index (χ2v) is 9.28. The van der Waals surface area contributed by atoms with Gasteiger partial charge in [0, 0.05) is 50.4 Å². The number of hydrogen-bond acceptors (Lipinski definition) is 4. The minimum atomic E-state index is -0.133. The average Bonchev–Trinajstić information content (AvgIpc) is 3.41. The van der Waals surface area contributed by atoms with Crippen LogP contribution in [0.2, 0.25) is 0 Å². The third-order valence-electron chi connectivity index (χ3n) is 7.46. The van der Waals surface area contributed by atoms with Crippen molar-refractivity contribution in [2.75, 3.05) is 31.6 Å². The zero-order valence-corrected chi connectivity index (χ0v) is 18.7. The molecule has 3 aliphatic heterocycles. The van der Waals surface area contributed by atoms with Crippen molar-refractivity contribution in [3.05, 3.63) is 65.7 Å². The van der Waals surface area contributed by atoms with Gasteiger partial charge >= 0.3 is 0 Å². The van der Waals surface area contributed by atoms with Crippen LogP contribution in [0.3, 0.4) is 0 Å². The van der Waals surface area contributed by atoms with Crippen LogP contribution in [-0.4, -0.2) is 66.4 Å². The summed E-state index contributed by atoms with van der Waals surface area (Å²) in [5.41, 5.74) is 3.56. The second-order valence-electron chi connectivity index (χ2n) is 9.28. The lowest BCUT2D eigenvalue weighted by Gasteiger charge is -2.33. The average molecular weight is 433 g/mol. The predicted molar refractivity (Wildman–Crippen MR) is 125 cm³/mol. The number of nitrogens with zero attached hydrogens (tertiary/aromatic N) is 3. The fraction of sp³-hybridized carbons (Fsp3) is 0.462. The number of fused-ring (bicyclic) bond motifs is 2. The smallest absolute Gasteiger partial charge is 0.239 e. The number of nitrogens with one attached hydrogen (secondary N) is 1. The Hall–Kier alpha value is -2.70. The Labute approximate surface area is 190 Å². The van der Waals surface area contributed by atoms with Crippen LogP contribution in [0.15, 0.2) is 54.6 Å². The van der Waals surface area contributed by atoms with E-state index >= 15 is 0 Å². The number of likely N-dealkylation sites (tertiary alicyclic amines) is 1. The summed E-state index contributed by atoms with van der Waals surface area (Å²) >= 11 is 0. The maximum Gasteiger partial charge on any atom is 0.239 e. The summed E-state index contributed by atoms with van der Waals surface area (Å²) < 4.78 is 0. The van der Waals surface area contributed by atoms with Crippen LogP contribution in [0.4, 0.5) is 5.69 Å². The number of amides is 2. The van der Waals surface area contributed by atoms with Crippen LogP contribution in [0.25, 0.3) is 0 Å². The van der Waals surface area contributed by atoms with Crippen LogP contribution in [-0.2, 0) is 22.6 Å². The summed E-state index contributed by atoms with van der Waals surface area (Å²) in [5.74, 6) is 0.310. The molecule has 0 bridgehead atoms. The van der Waals surface area contributed by atoms with Gasteiger partial charge in [-0.2, -0.15) is 0 Å². The maximum absolute atomic E-state index is 13.0. The van der Waals surface area contributed by atoms with E-state index < -0.39 is 0 Å². The largest absolute Gasteiger partial charge is 0.353 e. The van der Waals surface area contributed by atoms with E-state index in [2.05, 4.69) is 40.4 Å². The molecule has 0 aromatic heterocycles. The van der Waals surface area contributed by atoms with Gasteiger partial charge in [0.15, 0.2) is 0 Å². The molecule has 0 saturated carbocycles. The molecule has 2 aromatic rings. The standard InChI is InChI=1S/C26H32N4O2/c1-28-21(11-12-24(31)30-16-13-20-9-5-6-10-22(20)30)17-27-26(32)25-23(28)14-15-29(25)18-19-7-3-2-4-8-19/h2-10,21,23,25H,11-18H2,1H3,(H,27,32). The van der Waals surface area contributed by atoms with Crippen LogP contribution in [0, 0.1) is 0 Å². The molecule has 0 radical (unpaired) electrons. The Kier molecular flexibility index (Phi) is 5.98. The highest BCUT2D eigenvalue weighted by molar-refractivity contribution is 5.95. The molecular formula is C26H32N4O2. The first-order valence-electron chi connectivity index (χ1n) is 11.8. The van der Waals surface area contributed by atoms with Crippen LogP contribution >= 0.6 is 0 Å². The first-order chi connectivity index (χ1) is 15.6. The zero-order chi connectivity index (χ0) is 22.1. The van der Waals surface area contributed by atoms with E-state index in [-0.39, 0.29) is 29.9 Å². The highest BCUT2D eigenvalue weighted by Crippen LogP contribution is 2.30. The first-order valence-corrected chi connectivity index (χ1v) is 11.8. The Morgan fingerprint density at radius 2 is 1.84 bits per heavy atom. The number of hydrogen-bond donors (Lipinski definition) is 1. The number of likely N-dealkylation sites (N-methyl/N-ethyl adjacent to an activating group) is 1. The fourth-order valence-electron chi connectivity index (χ4n) is 5.67. The van der Waals surface area contributed by atoms with Crippen molar-refractivity contribution in [3.63, 3.8) is 0 Å². The van der Waals surface area contributed by atoms with Gasteiger partial charge in [0.05, 0.1) is 0 Å². The molecule has 3 atom stereocenters. The highest BCUT2D eigenvalue weighted by atomic mass is 16.2. The van der Waals surface area contributed by atoms with Gasteiger partial charge in [-0.05, 0) is 43.5 Å². The van der Waals surface area contributed by atoms with E-state index in [1.807, 2.05) is 41.3 Å². The van der Waals surface area contributed by atoms with E-state index in [9.17, 15) is 9.59 Å². The van der Waals surface area contributed by atoms with Crippen molar-refractivity contribution >= 4 is 17.5 Å². The number of benzene rings is 2. The topological polar surface area (TPSA) is 55.9 Å². The van der Waals surface area contributed by atoms with E-state index in [1.54, 1.807) is 0 Å². The molecule has 2 fully saturated rings. The molecule has 6 heteroatoms. The minimum Gasteiger partial charge on any atom is -0.353 e. The number of para-hydroxylation sites is 1. The summed E-state index contributed by atoms with van der Waals surface area (Å²) in [4.78, 5) is 32.6. The molecule has 1 N–H and O–H groups in total. The molecule has 32 heavy (non-hydrogen) atoms. The molecule has 168 valence electrons. The van der Waals surface area contributed by atoms with Crippen molar-refractivity contribution in [1.82, 2.24) is 15.1 Å². The third kappa shape index (κ3) is 4.05. The Balaban J connectivity index is 1.23. The summed E-state index contributed by atoms with van der Waals surface area (Å²) in [6, 6.07) is 18.8. The predicted octanol–water partition coefficient (Wildman–Crippen LogP) is 2.43. The molecule has 2 aromatic carbocycles. The summed E-state index contributed by atoms with van der Waals surface area (Å²) in [6.45, 7) is 3.08. The summed E-state index contributed by atoms with van der Waals surface area (Å²) in [7, 11) is 2.13. The lowest BCUT2D eigenvalue weighted by atomic mass is 10.0. The lowest BCUT2D eigenvalue weighted by Crippen LogP contribution is -2.49. The van der Waals surface area contributed by atoms with Gasteiger partial charge in [-0.25, -0.2) is 0 Å². The number of rotatable bonds is 5. The third-order valence-corrected chi connectivity index (χ3v) is 7.46. The van der Waals surface area contributed by atoms with Gasteiger partial charge in [-0.1, -0.05) is 48.5 Å². The molecule has 0 spiro atoms. The van der Waals surface area contributed by atoms with Crippen molar-refractivity contribution in [3.8, 4) is 0 Å². The number of anilines is 1. The molecule has 2 amide bonds. The lowest BCUT2D eigenvalue weighted by molar-refractivity contribution is -0.126. The van der Waals surface area contributed by atoms with E-state index in [1.165, 1.54) is 11.1 Å². The molecule has 6 nitrogen and oxygen atoms in total. The maximum atomic E-state index is 13.0. The monoisotopic (exact) mass is 432 g/mol. The van der Waals surface area contributed by atoms with Gasteiger partial charge in [-0.3, -0.25) is 19.4 Å². The minimum absolute atomic E-state index is 0.123. The van der Waals surface area contributed by atoms with Gasteiger partial charge in [0.2, 0.25) is 11.8 Å². The van der Waals surface area contributed by atoms with Crippen molar-refractivity contribution in [2.45, 2.75) is 50.4 Å². The quantitative estimate of drug-likeness (QED) is 0.789. The first kappa shape index (κ1) is 21.2. The number of carbonyl (C=O) groups is 2. The molecule has 0 aliphatic carbocycles. The van der Waals surface area contributed by atoms with E-state index in [0.29, 0.717) is 13.0 Å². The van der Waals surface area contributed by atoms with Gasteiger partial charge < -0.3 is 10.2 Å². The van der Waals surface area contributed by atoms with E-state index in [0.717, 1.165) is 44.6 Å². The second kappa shape index (κ2) is 9.04. The zero-order valence-electron chi connectivity index (χ0n) is 18.7. The van der Waals surface area contributed by atoms with Crippen LogP contribution in [0.5, 0.6) is 0 Å². The molecular weight excluding hydrogens is 400 g/mol. The molecule has 2 saturated heterocycles. The molecule has 3 heterocycles. The molecule has 3 aliphatic rings. The molecule has 5 rings (SSSR count). The van der Waals surface area contributed by atoms with Crippen molar-refractivity contribution in [1.29, 1.82) is 0 Å². The number of carbonyl (C=O) groups excluding carboxylic acids is 2. The van der Waals surface area contributed by atoms with Gasteiger partial charge in [-0.15, -0.1) is 0 Å².